The molecule has 0 bridgehead atoms. The Kier molecular flexibility index (Phi) is 8.56. The van der Waals surface area contributed by atoms with Gasteiger partial charge >= 0.3 is 0 Å². The molecule has 3 N–H and O–H groups in total. The highest BCUT2D eigenvalue weighted by Crippen LogP contribution is 2.45. The molecule has 1 saturated heterocycles. The molecule has 0 radical (unpaired) electrons. The molecule has 3 amide bonds. The van der Waals surface area contributed by atoms with Gasteiger partial charge in [-0.1, -0.05) is 47.5 Å². The highest BCUT2D eigenvalue weighted by atomic mass is 35.5. The Balaban J connectivity index is 1.43. The summed E-state index contributed by atoms with van der Waals surface area (Å²) in [4.78, 5) is 53.6. The van der Waals surface area contributed by atoms with E-state index in [-0.39, 0.29) is 40.4 Å². The third-order valence-corrected chi connectivity index (χ3v) is 11.0. The molecule has 4 heterocycles. The third-order valence-electron chi connectivity index (χ3n) is 8.70. The number of hydrogen-bond acceptors (Lipinski definition) is 8. The number of nitrogens with one attached hydrogen (secondary N) is 1. The number of carbonyl (C=O) groups excluding carboxylic acids is 3. The van der Waals surface area contributed by atoms with Crippen LogP contribution in [0.5, 0.6) is 0 Å². The average molecular weight is 712 g/mol. The number of halogens is 2. The normalized spacial score (nSPS) is 19.8. The summed E-state index contributed by atoms with van der Waals surface area (Å²) < 4.78 is 31.4. The van der Waals surface area contributed by atoms with Crippen LogP contribution >= 0.6 is 23.2 Å². The molecule has 2 aliphatic heterocycles. The maximum Gasteiger partial charge on any atom is 0.261 e. The van der Waals surface area contributed by atoms with Crippen LogP contribution in [0.25, 0.3) is 11.1 Å². The lowest BCUT2D eigenvalue weighted by Crippen LogP contribution is -2.57. The van der Waals surface area contributed by atoms with Crippen molar-refractivity contribution in [2.75, 3.05) is 11.4 Å². The molecule has 1 fully saturated rings. The van der Waals surface area contributed by atoms with Crippen LogP contribution in [-0.4, -0.2) is 68.1 Å². The Bertz CT molecular complexity index is 2020. The van der Waals surface area contributed by atoms with Crippen LogP contribution in [-0.2, 0) is 36.4 Å². The molecule has 6 rings (SSSR count). The van der Waals surface area contributed by atoms with Gasteiger partial charge in [0.1, 0.15) is 23.4 Å². The molecule has 2 aromatic heterocycles. The van der Waals surface area contributed by atoms with Crippen molar-refractivity contribution in [3.8, 4) is 11.1 Å². The predicted molar refractivity (Wildman–Crippen MR) is 179 cm³/mol. The molecule has 48 heavy (non-hydrogen) atoms. The Morgan fingerprint density at radius 3 is 2.31 bits per heavy atom. The van der Waals surface area contributed by atoms with Gasteiger partial charge in [0.15, 0.2) is 5.03 Å². The number of nitrogens with zero attached hydrogens (tertiary/aromatic N) is 6. The van der Waals surface area contributed by atoms with Crippen LogP contribution < -0.4 is 16.0 Å². The van der Waals surface area contributed by atoms with E-state index in [9.17, 15) is 22.8 Å². The van der Waals surface area contributed by atoms with E-state index in [4.69, 9.17) is 28.9 Å². The minimum Gasteiger partial charge on any atom is -0.368 e. The van der Waals surface area contributed by atoms with Crippen LogP contribution in [0.15, 0.2) is 72.4 Å². The van der Waals surface area contributed by atoms with Crippen LogP contribution in [0, 0.1) is 0 Å². The number of carbonyl (C=O) groups is 3. The lowest BCUT2D eigenvalue weighted by Gasteiger charge is -2.30. The van der Waals surface area contributed by atoms with E-state index >= 15 is 0 Å². The molecule has 0 spiro atoms. The fourth-order valence-corrected chi connectivity index (χ4v) is 8.50. The van der Waals surface area contributed by atoms with Gasteiger partial charge in [-0.3, -0.25) is 19.0 Å². The van der Waals surface area contributed by atoms with Crippen molar-refractivity contribution in [2.24, 2.45) is 5.73 Å². The zero-order chi connectivity index (χ0) is 34.6. The predicted octanol–water partition coefficient (Wildman–Crippen LogP) is 3.82. The van der Waals surface area contributed by atoms with E-state index < -0.39 is 44.9 Å². The number of hydrogen-bond donors (Lipinski definition) is 2. The molecule has 2 aliphatic rings. The van der Waals surface area contributed by atoms with Gasteiger partial charge in [-0.15, -0.1) is 0 Å². The van der Waals surface area contributed by atoms with Gasteiger partial charge in [-0.25, -0.2) is 28.3 Å². The van der Waals surface area contributed by atoms with E-state index in [1.54, 1.807) is 31.5 Å². The van der Waals surface area contributed by atoms with Crippen molar-refractivity contribution < 1.29 is 22.8 Å². The van der Waals surface area contributed by atoms with Crippen molar-refractivity contribution in [1.82, 2.24) is 29.1 Å². The van der Waals surface area contributed by atoms with E-state index in [0.29, 0.717) is 12.1 Å². The van der Waals surface area contributed by atoms with Crippen molar-refractivity contribution in [1.29, 1.82) is 0 Å². The maximum atomic E-state index is 14.5. The lowest BCUT2D eigenvalue weighted by molar-refractivity contribution is -0.132. The first kappa shape index (κ1) is 33.5. The number of sulfonamides is 1. The maximum absolute atomic E-state index is 14.5. The number of fused-ring (bicyclic) bond motifs is 1. The summed E-state index contributed by atoms with van der Waals surface area (Å²) in [7, 11) is -4.43. The number of benzene rings is 2. The first-order chi connectivity index (χ1) is 22.6. The summed E-state index contributed by atoms with van der Waals surface area (Å²) >= 11 is 12.6. The Morgan fingerprint density at radius 1 is 1.04 bits per heavy atom. The lowest BCUT2D eigenvalue weighted by atomic mass is 9.91. The average Bonchev–Trinajstić information content (AvgIpc) is 3.75. The molecule has 2 unspecified atom stereocenters. The summed E-state index contributed by atoms with van der Waals surface area (Å²) in [5, 5.41) is 2.85. The van der Waals surface area contributed by atoms with E-state index in [1.807, 2.05) is 24.3 Å². The number of anilines is 2. The van der Waals surface area contributed by atoms with Crippen molar-refractivity contribution >= 4 is 62.6 Å². The molecule has 0 aliphatic carbocycles. The fraction of sp³-hybridized carbons (Fsp3) is 0.312. The van der Waals surface area contributed by atoms with E-state index in [1.165, 1.54) is 41.9 Å². The second-order valence-electron chi connectivity index (χ2n) is 12.5. The van der Waals surface area contributed by atoms with Crippen molar-refractivity contribution in [3.05, 3.63) is 83.0 Å². The van der Waals surface area contributed by atoms with Crippen LogP contribution in [0.3, 0.4) is 0 Å². The van der Waals surface area contributed by atoms with Crippen LogP contribution in [0.4, 0.5) is 11.6 Å². The van der Waals surface area contributed by atoms with E-state index in [0.717, 1.165) is 21.0 Å². The first-order valence-electron chi connectivity index (χ1n) is 15.0. The summed E-state index contributed by atoms with van der Waals surface area (Å²) in [5.74, 6) is -1.83. The SMILES string of the molecule is CC(C)(NC(=O)C1CCCN1S(=O)(=O)c1cnc2n1C(C)(Cc1ccc(-c3cncnc3)cc1)C(=O)N2c1cc(Cl)cc(Cl)c1)C(N)=O. The number of amides is 3. The Morgan fingerprint density at radius 2 is 1.69 bits per heavy atom. The van der Waals surface area contributed by atoms with Gasteiger partial charge in [-0.2, -0.15) is 4.31 Å². The van der Waals surface area contributed by atoms with Crippen molar-refractivity contribution in [3.63, 3.8) is 0 Å². The van der Waals surface area contributed by atoms with E-state index in [2.05, 4.69) is 20.3 Å². The minimum absolute atomic E-state index is 0.0425. The van der Waals surface area contributed by atoms with Gasteiger partial charge in [0.25, 0.3) is 15.9 Å². The molecule has 13 nitrogen and oxygen atoms in total. The second kappa shape index (κ2) is 12.3. The monoisotopic (exact) mass is 710 g/mol. The van der Waals surface area contributed by atoms with Gasteiger partial charge < -0.3 is 11.1 Å². The highest BCUT2D eigenvalue weighted by molar-refractivity contribution is 7.89. The van der Waals surface area contributed by atoms with Gasteiger partial charge in [-0.05, 0) is 62.9 Å². The van der Waals surface area contributed by atoms with Gasteiger partial charge in [0.2, 0.25) is 17.8 Å². The number of primary amides is 1. The molecule has 16 heteroatoms. The standard InChI is InChI=1S/C32H32Cl2N8O5S/c1-31(2,28(35)44)39-27(43)25-5-4-10-40(25)48(46,47)26-17-38-30-41(24-12-22(33)11-23(34)13-24)29(45)32(3,42(26)30)14-19-6-8-20(9-7-19)21-15-36-18-37-16-21/h6-9,11-13,15-18,25H,4-5,10,14H2,1-3H3,(H2,35,44)(H,39,43). The molecular formula is C32H32Cl2N8O5S. The molecule has 2 atom stereocenters. The Labute approximate surface area is 287 Å². The molecule has 0 saturated carbocycles. The second-order valence-corrected chi connectivity index (χ2v) is 15.2. The summed E-state index contributed by atoms with van der Waals surface area (Å²) in [6.07, 6.45) is 6.72. The fourth-order valence-electron chi connectivity index (χ4n) is 6.14. The van der Waals surface area contributed by atoms with Crippen LogP contribution in [0.1, 0.15) is 39.2 Å². The zero-order valence-electron chi connectivity index (χ0n) is 26.2. The minimum atomic E-state index is -4.43. The van der Waals surface area contributed by atoms with Crippen molar-refractivity contribution in [2.45, 2.75) is 62.2 Å². The molecule has 250 valence electrons. The largest absolute Gasteiger partial charge is 0.368 e. The Hall–Kier alpha value is -4.37. The van der Waals surface area contributed by atoms with Gasteiger partial charge in [0.05, 0.1) is 11.9 Å². The number of nitrogens with two attached hydrogens (primary N) is 1. The highest BCUT2D eigenvalue weighted by Gasteiger charge is 2.53. The third kappa shape index (κ3) is 5.82. The number of aromatic nitrogens is 4. The first-order valence-corrected chi connectivity index (χ1v) is 17.2. The zero-order valence-corrected chi connectivity index (χ0v) is 28.6. The molecule has 2 aromatic carbocycles. The molecule has 4 aromatic rings. The number of rotatable bonds is 9. The smallest absolute Gasteiger partial charge is 0.261 e. The topological polar surface area (TPSA) is 173 Å². The quantitative estimate of drug-likeness (QED) is 0.264. The summed E-state index contributed by atoms with van der Waals surface area (Å²) in [6.45, 7) is 4.58. The molecular weight excluding hydrogens is 679 g/mol. The summed E-state index contributed by atoms with van der Waals surface area (Å²) in [5.41, 5.74) is 5.27. The van der Waals surface area contributed by atoms with Gasteiger partial charge in [0, 0.05) is 41.0 Å². The summed E-state index contributed by atoms with van der Waals surface area (Å²) in [6, 6.07) is 11.0. The number of imidazole rings is 1. The van der Waals surface area contributed by atoms with Crippen LogP contribution in [0.2, 0.25) is 10.0 Å².